The number of fused-ring (bicyclic) bond motifs is 1. The lowest BCUT2D eigenvalue weighted by Gasteiger charge is -2.08. The number of hydrogen-bond acceptors (Lipinski definition) is 3. The molecule has 31 heavy (non-hydrogen) atoms. The van der Waals surface area contributed by atoms with Crippen LogP contribution in [0.2, 0.25) is 5.02 Å². The van der Waals surface area contributed by atoms with E-state index in [0.717, 1.165) is 8.99 Å². The van der Waals surface area contributed by atoms with Gasteiger partial charge in [-0.25, -0.2) is 9.50 Å². The van der Waals surface area contributed by atoms with Crippen molar-refractivity contribution >= 4 is 39.1 Å². The lowest BCUT2D eigenvalue weighted by atomic mass is 10.1. The Labute approximate surface area is 188 Å². The normalized spacial score (nSPS) is 11.6. The van der Waals surface area contributed by atoms with Gasteiger partial charge < -0.3 is 5.32 Å². The van der Waals surface area contributed by atoms with Gasteiger partial charge in [0.05, 0.1) is 5.69 Å². The number of aromatic nitrogens is 3. The summed E-state index contributed by atoms with van der Waals surface area (Å²) in [5.41, 5.74) is -0.704. The molecule has 158 valence electrons. The highest BCUT2D eigenvalue weighted by molar-refractivity contribution is 9.10. The molecule has 0 unspecified atom stereocenters. The van der Waals surface area contributed by atoms with Gasteiger partial charge in [0, 0.05) is 27.8 Å². The molecule has 0 radical (unpaired) electrons. The molecule has 0 saturated carbocycles. The van der Waals surface area contributed by atoms with Crippen molar-refractivity contribution in [3.05, 3.63) is 87.1 Å². The van der Waals surface area contributed by atoms with Crippen molar-refractivity contribution in [1.82, 2.24) is 19.9 Å². The predicted molar refractivity (Wildman–Crippen MR) is 114 cm³/mol. The lowest BCUT2D eigenvalue weighted by Crippen LogP contribution is -2.26. The maximum atomic E-state index is 13.9. The molecule has 5 nitrogen and oxygen atoms in total. The number of halogens is 5. The Morgan fingerprint density at radius 2 is 1.74 bits per heavy atom. The van der Waals surface area contributed by atoms with Crippen molar-refractivity contribution in [3.63, 3.8) is 0 Å². The van der Waals surface area contributed by atoms with Gasteiger partial charge >= 0.3 is 6.18 Å². The van der Waals surface area contributed by atoms with Crippen LogP contribution in [-0.4, -0.2) is 20.5 Å². The second kappa shape index (κ2) is 8.32. The summed E-state index contributed by atoms with van der Waals surface area (Å²) in [6.45, 7) is 0.0265. The minimum absolute atomic E-state index is 0.0265. The van der Waals surface area contributed by atoms with Gasteiger partial charge in [-0.05, 0) is 35.9 Å². The fourth-order valence-electron chi connectivity index (χ4n) is 3.00. The molecule has 2 aromatic heterocycles. The molecule has 0 aliphatic heterocycles. The van der Waals surface area contributed by atoms with Gasteiger partial charge in [0.15, 0.2) is 11.3 Å². The van der Waals surface area contributed by atoms with Crippen LogP contribution in [0.4, 0.5) is 13.2 Å². The van der Waals surface area contributed by atoms with Crippen LogP contribution in [-0.2, 0) is 12.7 Å². The van der Waals surface area contributed by atoms with Crippen molar-refractivity contribution in [2.24, 2.45) is 0 Å². The number of benzene rings is 2. The first-order chi connectivity index (χ1) is 14.7. The molecular weight excluding hydrogens is 497 g/mol. The van der Waals surface area contributed by atoms with Crippen molar-refractivity contribution in [2.45, 2.75) is 12.7 Å². The Hall–Kier alpha value is -2.91. The van der Waals surface area contributed by atoms with E-state index in [0.29, 0.717) is 21.8 Å². The summed E-state index contributed by atoms with van der Waals surface area (Å²) in [6, 6.07) is 15.1. The van der Waals surface area contributed by atoms with Crippen molar-refractivity contribution in [3.8, 4) is 11.3 Å². The number of carbonyl (C=O) groups excluding carboxylic acids is 1. The Kier molecular flexibility index (Phi) is 5.72. The first kappa shape index (κ1) is 21.3. The summed E-state index contributed by atoms with van der Waals surface area (Å²) in [4.78, 5) is 16.7. The van der Waals surface area contributed by atoms with Gasteiger partial charge in [0.25, 0.3) is 5.91 Å². The summed E-state index contributed by atoms with van der Waals surface area (Å²) in [5.74, 6) is -0.946. The van der Waals surface area contributed by atoms with Crippen molar-refractivity contribution in [2.75, 3.05) is 0 Å². The molecule has 0 aliphatic carbocycles. The molecule has 4 aromatic rings. The van der Waals surface area contributed by atoms with Gasteiger partial charge in [-0.1, -0.05) is 51.8 Å². The molecule has 2 aromatic carbocycles. The zero-order chi connectivity index (χ0) is 22.2. The monoisotopic (exact) mass is 508 g/mol. The Bertz CT molecular complexity index is 1250. The summed E-state index contributed by atoms with van der Waals surface area (Å²) in [6.07, 6.45) is -3.47. The molecule has 0 spiro atoms. The SMILES string of the molecule is O=C(NCc1ccc(Cl)cc1)c1nn2ccc(-c3ccc(Br)cc3)nc2c1C(F)(F)F. The largest absolute Gasteiger partial charge is 0.422 e. The molecule has 0 atom stereocenters. The Morgan fingerprint density at radius 1 is 1.06 bits per heavy atom. The second-order valence-corrected chi connectivity index (χ2v) is 7.97. The average Bonchev–Trinajstić information content (AvgIpc) is 3.13. The topological polar surface area (TPSA) is 59.3 Å². The molecule has 1 N–H and O–H groups in total. The minimum Gasteiger partial charge on any atom is -0.347 e. The molecule has 2 heterocycles. The molecule has 0 fully saturated rings. The highest BCUT2D eigenvalue weighted by atomic mass is 79.9. The summed E-state index contributed by atoms with van der Waals surface area (Å²) < 4.78 is 43.4. The van der Waals surface area contributed by atoms with Crippen LogP contribution in [0.1, 0.15) is 21.6 Å². The summed E-state index contributed by atoms with van der Waals surface area (Å²) in [5, 5.41) is 6.83. The lowest BCUT2D eigenvalue weighted by molar-refractivity contribution is -0.136. The summed E-state index contributed by atoms with van der Waals surface area (Å²) in [7, 11) is 0. The number of hydrogen-bond donors (Lipinski definition) is 1. The zero-order valence-corrected chi connectivity index (χ0v) is 18.0. The maximum absolute atomic E-state index is 13.9. The predicted octanol–water partition coefficient (Wildman–Crippen LogP) is 5.76. The fraction of sp³-hybridized carbons (Fsp3) is 0.0952. The Balaban J connectivity index is 1.71. The van der Waals surface area contributed by atoms with E-state index < -0.39 is 29.0 Å². The summed E-state index contributed by atoms with van der Waals surface area (Å²) >= 11 is 9.13. The quantitative estimate of drug-likeness (QED) is 0.380. The molecule has 10 heteroatoms. The molecular formula is C21H13BrClF3N4O. The highest BCUT2D eigenvalue weighted by Crippen LogP contribution is 2.35. The van der Waals surface area contributed by atoms with Crippen LogP contribution in [0.15, 0.2) is 65.3 Å². The van der Waals surface area contributed by atoms with E-state index in [1.54, 1.807) is 54.6 Å². The molecule has 1 amide bonds. The van der Waals surface area contributed by atoms with Gasteiger partial charge in [0.2, 0.25) is 0 Å². The number of nitrogens with zero attached hydrogens (tertiary/aromatic N) is 3. The number of amides is 1. The number of nitrogens with one attached hydrogen (secondary N) is 1. The number of alkyl halides is 3. The van der Waals surface area contributed by atoms with Gasteiger partial charge in [-0.15, -0.1) is 0 Å². The molecule has 4 rings (SSSR count). The average molecular weight is 510 g/mol. The smallest absolute Gasteiger partial charge is 0.347 e. The highest BCUT2D eigenvalue weighted by Gasteiger charge is 2.41. The minimum atomic E-state index is -4.82. The van der Waals surface area contributed by atoms with Crippen LogP contribution in [0.25, 0.3) is 16.9 Å². The standard InChI is InChI=1S/C21H13BrClF3N4O/c22-14-5-3-13(4-6-14)16-9-10-30-19(28-16)17(21(24,25)26)18(29-30)20(31)27-11-12-1-7-15(23)8-2-12/h1-10H,11H2,(H,27,31). The first-order valence-electron chi connectivity index (χ1n) is 8.97. The molecule has 0 saturated heterocycles. The van der Waals surface area contributed by atoms with Crippen LogP contribution < -0.4 is 5.32 Å². The Morgan fingerprint density at radius 3 is 2.39 bits per heavy atom. The zero-order valence-electron chi connectivity index (χ0n) is 15.6. The van der Waals surface area contributed by atoms with Crippen LogP contribution in [0.5, 0.6) is 0 Å². The van der Waals surface area contributed by atoms with Crippen LogP contribution in [0.3, 0.4) is 0 Å². The third-order valence-electron chi connectivity index (χ3n) is 4.49. The number of rotatable bonds is 4. The van der Waals surface area contributed by atoms with E-state index in [-0.39, 0.29) is 6.54 Å². The molecule has 0 aliphatic rings. The first-order valence-corrected chi connectivity index (χ1v) is 10.1. The van der Waals surface area contributed by atoms with E-state index >= 15 is 0 Å². The van der Waals surface area contributed by atoms with E-state index in [2.05, 4.69) is 31.3 Å². The van der Waals surface area contributed by atoms with E-state index in [1.165, 1.54) is 6.20 Å². The van der Waals surface area contributed by atoms with E-state index in [4.69, 9.17) is 11.6 Å². The van der Waals surface area contributed by atoms with Crippen LogP contribution >= 0.6 is 27.5 Å². The molecule has 0 bridgehead atoms. The van der Waals surface area contributed by atoms with Crippen LogP contribution in [0, 0.1) is 0 Å². The van der Waals surface area contributed by atoms with E-state index in [9.17, 15) is 18.0 Å². The fourth-order valence-corrected chi connectivity index (χ4v) is 3.39. The van der Waals surface area contributed by atoms with Crippen molar-refractivity contribution < 1.29 is 18.0 Å². The van der Waals surface area contributed by atoms with E-state index in [1.807, 2.05) is 0 Å². The van der Waals surface area contributed by atoms with Gasteiger partial charge in [-0.2, -0.15) is 18.3 Å². The third kappa shape index (κ3) is 4.57. The van der Waals surface area contributed by atoms with Gasteiger partial charge in [0.1, 0.15) is 5.56 Å². The third-order valence-corrected chi connectivity index (χ3v) is 5.27. The second-order valence-electron chi connectivity index (χ2n) is 6.62. The van der Waals surface area contributed by atoms with Gasteiger partial charge in [-0.3, -0.25) is 4.79 Å². The maximum Gasteiger partial charge on any atom is 0.422 e. The van der Waals surface area contributed by atoms with Crippen molar-refractivity contribution in [1.29, 1.82) is 0 Å². The number of carbonyl (C=O) groups is 1.